The minimum atomic E-state index is -0.0629. The van der Waals surface area contributed by atoms with Crippen molar-refractivity contribution in [2.75, 3.05) is 5.32 Å². The lowest BCUT2D eigenvalue weighted by molar-refractivity contribution is 0.102. The molecule has 3 heteroatoms. The molecule has 0 bridgehead atoms. The monoisotopic (exact) mass is 299 g/mol. The second-order valence-electron chi connectivity index (χ2n) is 5.55. The highest BCUT2D eigenvalue weighted by Crippen LogP contribution is 2.36. The van der Waals surface area contributed by atoms with Gasteiger partial charge in [-0.15, -0.1) is 11.3 Å². The molecular weight excluding hydrogens is 278 g/mol. The molecule has 0 aliphatic rings. The Morgan fingerprint density at radius 2 is 1.76 bits per heavy atom. The lowest BCUT2D eigenvalue weighted by Gasteiger charge is -2.15. The summed E-state index contributed by atoms with van der Waals surface area (Å²) in [6.07, 6.45) is 0. The number of allylic oxidation sites excluding steroid dienone is 2. The summed E-state index contributed by atoms with van der Waals surface area (Å²) in [5.74, 6) is 0.369. The van der Waals surface area contributed by atoms with E-state index in [0.717, 1.165) is 10.6 Å². The SMILES string of the molecule is CC(C)=C(c1sccc1NC(=O)c1ccccc1)C(C)C. The van der Waals surface area contributed by atoms with Crippen LogP contribution in [0.25, 0.3) is 5.57 Å². The Labute approximate surface area is 130 Å². The van der Waals surface area contributed by atoms with E-state index in [9.17, 15) is 4.79 Å². The standard InChI is InChI=1S/C18H21NOS/c1-12(2)16(13(3)4)17-15(10-11-21-17)19-18(20)14-8-6-5-7-9-14/h5-12H,1-4H3,(H,19,20). The molecule has 0 aliphatic heterocycles. The largest absolute Gasteiger partial charge is 0.321 e. The third kappa shape index (κ3) is 3.61. The lowest BCUT2D eigenvalue weighted by Crippen LogP contribution is -2.12. The van der Waals surface area contributed by atoms with E-state index < -0.39 is 0 Å². The molecule has 0 saturated carbocycles. The van der Waals surface area contributed by atoms with Gasteiger partial charge in [-0.1, -0.05) is 37.6 Å². The number of carbonyl (C=O) groups is 1. The zero-order valence-corrected chi connectivity index (χ0v) is 13.8. The number of amides is 1. The average Bonchev–Trinajstić information content (AvgIpc) is 2.87. The number of nitrogens with one attached hydrogen (secondary N) is 1. The molecule has 0 fully saturated rings. The van der Waals surface area contributed by atoms with Crippen molar-refractivity contribution in [1.82, 2.24) is 0 Å². The van der Waals surface area contributed by atoms with Crippen molar-refractivity contribution in [3.05, 3.63) is 57.8 Å². The topological polar surface area (TPSA) is 29.1 Å². The number of benzene rings is 1. The molecule has 0 saturated heterocycles. The van der Waals surface area contributed by atoms with Gasteiger partial charge in [-0.3, -0.25) is 4.79 Å². The van der Waals surface area contributed by atoms with Crippen LogP contribution >= 0.6 is 11.3 Å². The van der Waals surface area contributed by atoms with Crippen LogP contribution in [0.5, 0.6) is 0 Å². The molecule has 2 rings (SSSR count). The molecule has 0 unspecified atom stereocenters. The number of rotatable bonds is 4. The van der Waals surface area contributed by atoms with Gasteiger partial charge in [0.25, 0.3) is 5.91 Å². The van der Waals surface area contributed by atoms with Gasteiger partial charge in [-0.05, 0) is 48.9 Å². The van der Waals surface area contributed by atoms with Crippen molar-refractivity contribution < 1.29 is 4.79 Å². The average molecular weight is 299 g/mol. The van der Waals surface area contributed by atoms with Crippen LogP contribution < -0.4 is 5.32 Å². The highest BCUT2D eigenvalue weighted by molar-refractivity contribution is 7.11. The number of hydrogen-bond donors (Lipinski definition) is 1. The van der Waals surface area contributed by atoms with Crippen molar-refractivity contribution in [3.8, 4) is 0 Å². The maximum atomic E-state index is 12.3. The first-order chi connectivity index (χ1) is 10.0. The number of hydrogen-bond acceptors (Lipinski definition) is 2. The maximum Gasteiger partial charge on any atom is 0.255 e. The lowest BCUT2D eigenvalue weighted by atomic mass is 9.96. The molecule has 1 aromatic carbocycles. The second-order valence-corrected chi connectivity index (χ2v) is 6.47. The van der Waals surface area contributed by atoms with Crippen LogP contribution in [-0.2, 0) is 0 Å². The Morgan fingerprint density at radius 3 is 2.33 bits per heavy atom. The van der Waals surface area contributed by atoms with Crippen LogP contribution in [0.3, 0.4) is 0 Å². The summed E-state index contributed by atoms with van der Waals surface area (Å²) in [6.45, 7) is 8.62. The highest BCUT2D eigenvalue weighted by atomic mass is 32.1. The minimum Gasteiger partial charge on any atom is -0.321 e. The van der Waals surface area contributed by atoms with Crippen molar-refractivity contribution in [2.45, 2.75) is 27.7 Å². The summed E-state index contributed by atoms with van der Waals surface area (Å²) in [7, 11) is 0. The van der Waals surface area contributed by atoms with Crippen molar-refractivity contribution in [2.24, 2.45) is 5.92 Å². The number of thiophene rings is 1. The Bertz CT molecular complexity index is 649. The van der Waals surface area contributed by atoms with Crippen molar-refractivity contribution >= 4 is 28.5 Å². The van der Waals surface area contributed by atoms with Gasteiger partial charge in [0.05, 0.1) is 10.6 Å². The van der Waals surface area contributed by atoms with Crippen LogP contribution in [0.15, 0.2) is 47.4 Å². The third-order valence-electron chi connectivity index (χ3n) is 3.31. The van der Waals surface area contributed by atoms with Gasteiger partial charge in [0, 0.05) is 5.56 Å². The van der Waals surface area contributed by atoms with Gasteiger partial charge >= 0.3 is 0 Å². The minimum absolute atomic E-state index is 0.0629. The Hall–Kier alpha value is -1.87. The summed E-state index contributed by atoms with van der Waals surface area (Å²) < 4.78 is 0. The molecule has 0 atom stereocenters. The predicted molar refractivity (Wildman–Crippen MR) is 91.8 cm³/mol. The van der Waals surface area contributed by atoms with Gasteiger partial charge in [-0.25, -0.2) is 0 Å². The van der Waals surface area contributed by atoms with Crippen LogP contribution in [0.1, 0.15) is 42.9 Å². The maximum absolute atomic E-state index is 12.3. The molecule has 0 aliphatic carbocycles. The van der Waals surface area contributed by atoms with Crippen LogP contribution in [0.4, 0.5) is 5.69 Å². The molecular formula is C18H21NOS. The number of carbonyl (C=O) groups excluding carboxylic acids is 1. The van der Waals surface area contributed by atoms with Crippen molar-refractivity contribution in [1.29, 1.82) is 0 Å². The fraction of sp³-hybridized carbons (Fsp3) is 0.278. The van der Waals surface area contributed by atoms with E-state index in [1.54, 1.807) is 11.3 Å². The van der Waals surface area contributed by atoms with Gasteiger partial charge in [-0.2, -0.15) is 0 Å². The quantitative estimate of drug-likeness (QED) is 0.799. The molecule has 2 aromatic rings. The zero-order chi connectivity index (χ0) is 15.4. The molecule has 1 N–H and O–H groups in total. The normalized spacial score (nSPS) is 10.5. The summed E-state index contributed by atoms with van der Waals surface area (Å²) in [4.78, 5) is 13.5. The van der Waals surface area contributed by atoms with Gasteiger partial charge in [0.1, 0.15) is 0 Å². The van der Waals surface area contributed by atoms with E-state index in [4.69, 9.17) is 0 Å². The fourth-order valence-corrected chi connectivity index (χ4v) is 3.62. The predicted octanol–water partition coefficient (Wildman–Crippen LogP) is 5.45. The van der Waals surface area contributed by atoms with E-state index >= 15 is 0 Å². The molecule has 21 heavy (non-hydrogen) atoms. The van der Waals surface area contributed by atoms with E-state index in [1.165, 1.54) is 11.1 Å². The summed E-state index contributed by atoms with van der Waals surface area (Å²) in [5.41, 5.74) is 4.19. The molecule has 0 spiro atoms. The van der Waals surface area contributed by atoms with Crippen LogP contribution in [-0.4, -0.2) is 5.91 Å². The van der Waals surface area contributed by atoms with E-state index in [0.29, 0.717) is 11.5 Å². The van der Waals surface area contributed by atoms with Crippen LogP contribution in [0.2, 0.25) is 0 Å². The molecule has 2 nitrogen and oxygen atoms in total. The van der Waals surface area contributed by atoms with Gasteiger partial charge in [0.2, 0.25) is 0 Å². The summed E-state index contributed by atoms with van der Waals surface area (Å²) in [6, 6.07) is 11.3. The van der Waals surface area contributed by atoms with Crippen LogP contribution in [0, 0.1) is 5.92 Å². The van der Waals surface area contributed by atoms with E-state index in [-0.39, 0.29) is 5.91 Å². The fourth-order valence-electron chi connectivity index (χ4n) is 2.47. The number of anilines is 1. The molecule has 1 amide bonds. The second kappa shape index (κ2) is 6.72. The Kier molecular flexibility index (Phi) is 4.97. The first-order valence-electron chi connectivity index (χ1n) is 7.12. The Morgan fingerprint density at radius 1 is 1.10 bits per heavy atom. The molecule has 1 aromatic heterocycles. The molecule has 110 valence electrons. The third-order valence-corrected chi connectivity index (χ3v) is 4.26. The zero-order valence-electron chi connectivity index (χ0n) is 12.9. The highest BCUT2D eigenvalue weighted by Gasteiger charge is 2.16. The smallest absolute Gasteiger partial charge is 0.255 e. The van der Waals surface area contributed by atoms with Gasteiger partial charge in [0.15, 0.2) is 0 Å². The molecule has 1 heterocycles. The first-order valence-corrected chi connectivity index (χ1v) is 8.00. The van der Waals surface area contributed by atoms with E-state index in [2.05, 4.69) is 33.0 Å². The van der Waals surface area contributed by atoms with Gasteiger partial charge < -0.3 is 5.32 Å². The van der Waals surface area contributed by atoms with E-state index in [1.807, 2.05) is 41.8 Å². The summed E-state index contributed by atoms with van der Waals surface area (Å²) in [5, 5.41) is 5.06. The Balaban J connectivity index is 2.30. The molecule has 0 radical (unpaired) electrons. The first kappa shape index (κ1) is 15.5. The summed E-state index contributed by atoms with van der Waals surface area (Å²) >= 11 is 1.68. The van der Waals surface area contributed by atoms with Crippen molar-refractivity contribution in [3.63, 3.8) is 0 Å².